The van der Waals surface area contributed by atoms with Gasteiger partial charge in [-0.15, -0.1) is 10.2 Å². The molecule has 0 aliphatic heterocycles. The molecule has 0 saturated carbocycles. The molecule has 0 fully saturated rings. The van der Waals surface area contributed by atoms with Crippen LogP contribution in [0, 0.1) is 34.6 Å². The van der Waals surface area contributed by atoms with Gasteiger partial charge in [-0.3, -0.25) is 0 Å². The van der Waals surface area contributed by atoms with Crippen LogP contribution < -0.4 is 10.6 Å². The summed E-state index contributed by atoms with van der Waals surface area (Å²) < 4.78 is 0.790. The lowest BCUT2D eigenvalue weighted by Gasteiger charge is -2.11. The highest BCUT2D eigenvalue weighted by Gasteiger charge is 2.12. The van der Waals surface area contributed by atoms with Crippen molar-refractivity contribution in [2.75, 3.05) is 10.6 Å². The molecule has 4 aromatic rings. The van der Waals surface area contributed by atoms with Crippen LogP contribution in [0.4, 0.5) is 23.3 Å². The van der Waals surface area contributed by atoms with Crippen LogP contribution in [0.5, 0.6) is 0 Å². The molecule has 0 spiro atoms. The second kappa shape index (κ2) is 8.99. The van der Waals surface area contributed by atoms with Crippen LogP contribution in [0.15, 0.2) is 45.9 Å². The van der Waals surface area contributed by atoms with Gasteiger partial charge in [-0.05, 0) is 92.9 Å². The van der Waals surface area contributed by atoms with Gasteiger partial charge in [-0.1, -0.05) is 23.5 Å². The van der Waals surface area contributed by atoms with Gasteiger partial charge in [0.25, 0.3) is 0 Å². The first-order chi connectivity index (χ1) is 14.9. The average molecular weight is 450 g/mol. The van der Waals surface area contributed by atoms with Crippen molar-refractivity contribution in [1.29, 1.82) is 0 Å². The average Bonchev–Trinajstić information content (AvgIpc) is 3.12. The van der Waals surface area contributed by atoms with E-state index in [0.29, 0.717) is 17.1 Å². The van der Waals surface area contributed by atoms with E-state index in [1.807, 2.05) is 19.1 Å². The zero-order chi connectivity index (χ0) is 22.0. The molecule has 2 aromatic carbocycles. The zero-order valence-electron chi connectivity index (χ0n) is 18.0. The quantitative estimate of drug-likeness (QED) is 0.376. The van der Waals surface area contributed by atoms with Gasteiger partial charge in [0.15, 0.2) is 4.34 Å². The van der Waals surface area contributed by atoms with Crippen LogP contribution in [0.1, 0.15) is 27.3 Å². The number of rotatable bonds is 6. The first-order valence-electron chi connectivity index (χ1n) is 9.78. The van der Waals surface area contributed by atoms with Gasteiger partial charge in [-0.2, -0.15) is 15.0 Å². The standard InChI is InChI=1S/C22H23N7S2/c1-12-6-8-17(10-14(12)3)23-19-25-20(24-18-9-7-13(2)15(4)11-18)27-21(26-19)31-22-29-28-16(5)30-22/h6-11H,1-5H3,(H2,23,24,25,26,27). The Kier molecular flexibility index (Phi) is 6.15. The van der Waals surface area contributed by atoms with E-state index < -0.39 is 0 Å². The number of hydrogen-bond donors (Lipinski definition) is 2. The fourth-order valence-corrected chi connectivity index (χ4v) is 4.48. The highest BCUT2D eigenvalue weighted by atomic mass is 32.2. The third kappa shape index (κ3) is 5.36. The summed E-state index contributed by atoms with van der Waals surface area (Å²) in [7, 11) is 0. The maximum absolute atomic E-state index is 4.59. The summed E-state index contributed by atoms with van der Waals surface area (Å²) in [6.07, 6.45) is 0. The minimum Gasteiger partial charge on any atom is -0.324 e. The molecule has 4 rings (SSSR count). The van der Waals surface area contributed by atoms with Crippen molar-refractivity contribution in [2.45, 2.75) is 44.1 Å². The summed E-state index contributed by atoms with van der Waals surface area (Å²) in [5, 5.41) is 16.3. The molecule has 0 bridgehead atoms. The van der Waals surface area contributed by atoms with Crippen LogP contribution in [-0.4, -0.2) is 25.1 Å². The highest BCUT2D eigenvalue weighted by Crippen LogP contribution is 2.30. The van der Waals surface area contributed by atoms with E-state index >= 15 is 0 Å². The smallest absolute Gasteiger partial charge is 0.233 e. The molecule has 0 atom stereocenters. The van der Waals surface area contributed by atoms with Crippen molar-refractivity contribution in [3.63, 3.8) is 0 Å². The van der Waals surface area contributed by atoms with E-state index in [4.69, 9.17) is 0 Å². The molecule has 2 aromatic heterocycles. The summed E-state index contributed by atoms with van der Waals surface area (Å²) in [5.74, 6) is 0.932. The molecule has 7 nitrogen and oxygen atoms in total. The molecule has 0 saturated heterocycles. The maximum atomic E-state index is 4.59. The van der Waals surface area contributed by atoms with Crippen LogP contribution >= 0.6 is 23.1 Å². The first kappa shape index (κ1) is 21.2. The van der Waals surface area contributed by atoms with Crippen molar-refractivity contribution >= 4 is 46.4 Å². The third-order valence-electron chi connectivity index (χ3n) is 4.83. The molecule has 0 aliphatic rings. The van der Waals surface area contributed by atoms with Crippen LogP contribution in [0.3, 0.4) is 0 Å². The summed E-state index contributed by atoms with van der Waals surface area (Å²) in [5.41, 5.74) is 6.73. The SMILES string of the molecule is Cc1nnc(Sc2nc(Nc3ccc(C)c(C)c3)nc(Nc3ccc(C)c(C)c3)n2)s1. The van der Waals surface area contributed by atoms with E-state index in [2.05, 4.69) is 87.7 Å². The molecular weight excluding hydrogens is 426 g/mol. The van der Waals surface area contributed by atoms with E-state index in [1.54, 1.807) is 0 Å². The lowest BCUT2D eigenvalue weighted by atomic mass is 10.1. The largest absolute Gasteiger partial charge is 0.324 e. The van der Waals surface area contributed by atoms with E-state index in [1.165, 1.54) is 45.4 Å². The number of aryl methyl sites for hydroxylation is 5. The van der Waals surface area contributed by atoms with Crippen molar-refractivity contribution in [3.8, 4) is 0 Å². The Morgan fingerprint density at radius 3 is 1.68 bits per heavy atom. The van der Waals surface area contributed by atoms with Crippen molar-refractivity contribution in [2.24, 2.45) is 0 Å². The summed E-state index contributed by atoms with van der Waals surface area (Å²) in [6.45, 7) is 10.3. The minimum atomic E-state index is 0.466. The van der Waals surface area contributed by atoms with Gasteiger partial charge >= 0.3 is 0 Å². The number of nitrogens with one attached hydrogen (secondary N) is 2. The molecule has 0 aliphatic carbocycles. The number of anilines is 4. The first-order valence-corrected chi connectivity index (χ1v) is 11.4. The third-order valence-corrected chi connectivity index (χ3v) is 6.58. The summed E-state index contributed by atoms with van der Waals surface area (Å²) in [4.78, 5) is 13.8. The van der Waals surface area contributed by atoms with Crippen molar-refractivity contribution in [1.82, 2.24) is 25.1 Å². The van der Waals surface area contributed by atoms with Gasteiger partial charge < -0.3 is 10.6 Å². The number of hydrogen-bond acceptors (Lipinski definition) is 9. The number of nitrogens with zero attached hydrogens (tertiary/aromatic N) is 5. The number of benzene rings is 2. The predicted octanol–water partition coefficient (Wildman–Crippen LogP) is 5.90. The van der Waals surface area contributed by atoms with Gasteiger partial charge in [0.1, 0.15) is 5.01 Å². The van der Waals surface area contributed by atoms with Crippen LogP contribution in [-0.2, 0) is 0 Å². The van der Waals surface area contributed by atoms with E-state index in [-0.39, 0.29) is 0 Å². The Bertz CT molecular complexity index is 1160. The Morgan fingerprint density at radius 1 is 0.677 bits per heavy atom. The minimum absolute atomic E-state index is 0.466. The predicted molar refractivity (Wildman–Crippen MR) is 127 cm³/mol. The highest BCUT2D eigenvalue weighted by molar-refractivity contribution is 8.00. The van der Waals surface area contributed by atoms with E-state index in [9.17, 15) is 0 Å². The van der Waals surface area contributed by atoms with Crippen LogP contribution in [0.2, 0.25) is 0 Å². The summed E-state index contributed by atoms with van der Waals surface area (Å²) in [6, 6.07) is 12.3. The molecular formula is C22H23N7S2. The molecule has 9 heteroatoms. The molecule has 0 unspecified atom stereocenters. The lowest BCUT2D eigenvalue weighted by Crippen LogP contribution is -2.05. The Labute approximate surface area is 189 Å². The molecule has 0 radical (unpaired) electrons. The van der Waals surface area contributed by atoms with Gasteiger partial charge in [0.05, 0.1) is 0 Å². The van der Waals surface area contributed by atoms with Gasteiger partial charge in [0.2, 0.25) is 17.1 Å². The summed E-state index contributed by atoms with van der Waals surface area (Å²) >= 11 is 2.88. The molecule has 158 valence electrons. The molecule has 2 N–H and O–H groups in total. The monoisotopic (exact) mass is 449 g/mol. The van der Waals surface area contributed by atoms with E-state index in [0.717, 1.165) is 20.7 Å². The van der Waals surface area contributed by atoms with Crippen molar-refractivity contribution < 1.29 is 0 Å². The Balaban J connectivity index is 1.66. The fourth-order valence-electron chi connectivity index (χ4n) is 2.81. The van der Waals surface area contributed by atoms with Gasteiger partial charge in [-0.25, -0.2) is 0 Å². The fraction of sp³-hybridized carbons (Fsp3) is 0.227. The second-order valence-electron chi connectivity index (χ2n) is 7.30. The topological polar surface area (TPSA) is 88.5 Å². The number of aromatic nitrogens is 5. The lowest BCUT2D eigenvalue weighted by molar-refractivity contribution is 0.913. The normalized spacial score (nSPS) is 10.9. The van der Waals surface area contributed by atoms with Crippen molar-refractivity contribution in [3.05, 3.63) is 63.7 Å². The second-order valence-corrected chi connectivity index (χ2v) is 9.70. The zero-order valence-corrected chi connectivity index (χ0v) is 19.6. The van der Waals surface area contributed by atoms with Crippen LogP contribution in [0.25, 0.3) is 0 Å². The Hall–Kier alpha value is -3.04. The Morgan fingerprint density at radius 2 is 1.23 bits per heavy atom. The van der Waals surface area contributed by atoms with Gasteiger partial charge in [0, 0.05) is 11.4 Å². The molecule has 31 heavy (non-hydrogen) atoms. The maximum Gasteiger partial charge on any atom is 0.233 e. The molecule has 2 heterocycles. The molecule has 0 amide bonds.